The number of amides is 1. The van der Waals surface area contributed by atoms with E-state index in [4.69, 9.17) is 20.9 Å². The van der Waals surface area contributed by atoms with Crippen LogP contribution in [0.15, 0.2) is 28.8 Å². The normalized spacial score (nSPS) is 15.5. The number of benzene rings is 1. The van der Waals surface area contributed by atoms with Crippen LogP contribution < -0.4 is 10.9 Å². The van der Waals surface area contributed by atoms with Crippen LogP contribution in [-0.4, -0.2) is 29.3 Å². The van der Waals surface area contributed by atoms with Crippen molar-refractivity contribution >= 4 is 23.5 Å². The zero-order valence-corrected chi connectivity index (χ0v) is 12.5. The third kappa shape index (κ3) is 3.55. The highest BCUT2D eigenvalue weighted by molar-refractivity contribution is 6.30. The quantitative estimate of drug-likeness (QED) is 0.839. The highest BCUT2D eigenvalue weighted by atomic mass is 35.5. The number of hydrogen-bond donors (Lipinski definition) is 2. The fourth-order valence-electron chi connectivity index (χ4n) is 2.17. The number of nitrogens with zero attached hydrogens (tertiary/aromatic N) is 2. The lowest BCUT2D eigenvalue weighted by atomic mass is 10.00. The van der Waals surface area contributed by atoms with Crippen LogP contribution in [0.3, 0.4) is 0 Å². The number of ether oxygens (including phenoxy) is 1. The smallest absolute Gasteiger partial charge is 0.340 e. The first kappa shape index (κ1) is 14.8. The molecule has 8 heteroatoms. The number of carbonyl (C=O) groups excluding carboxylic acids is 1. The van der Waals surface area contributed by atoms with Crippen molar-refractivity contribution < 1.29 is 14.1 Å². The Morgan fingerprint density at radius 1 is 1.23 bits per heavy atom. The molecular weight excluding hydrogens is 308 g/mol. The molecule has 1 aliphatic heterocycles. The maximum atomic E-state index is 12.0. The van der Waals surface area contributed by atoms with E-state index < -0.39 is 0 Å². The van der Waals surface area contributed by atoms with E-state index in [1.165, 1.54) is 0 Å². The minimum absolute atomic E-state index is 0.0556. The Morgan fingerprint density at radius 3 is 2.68 bits per heavy atom. The minimum Gasteiger partial charge on any atom is -0.381 e. The summed E-state index contributed by atoms with van der Waals surface area (Å²) in [5, 5.41) is 4.48. The highest BCUT2D eigenvalue weighted by Gasteiger charge is 2.21. The molecular formula is C14H15ClN4O3. The minimum atomic E-state index is -0.102. The molecule has 0 spiro atoms. The van der Waals surface area contributed by atoms with E-state index in [1.54, 1.807) is 24.3 Å². The summed E-state index contributed by atoms with van der Waals surface area (Å²) in [6.07, 6.45) is 1.43. The van der Waals surface area contributed by atoms with Crippen LogP contribution in [0.1, 0.15) is 12.8 Å². The van der Waals surface area contributed by atoms with Crippen molar-refractivity contribution in [2.45, 2.75) is 12.8 Å². The fraction of sp³-hybridized carbons (Fsp3) is 0.357. The number of rotatable bonds is 4. The van der Waals surface area contributed by atoms with Gasteiger partial charge in [0.2, 0.25) is 11.7 Å². The third-order valence-corrected chi connectivity index (χ3v) is 3.67. The lowest BCUT2D eigenvalue weighted by Crippen LogP contribution is -2.37. The Balaban J connectivity index is 1.57. The van der Waals surface area contributed by atoms with Gasteiger partial charge in [-0.3, -0.25) is 10.2 Å². The van der Waals surface area contributed by atoms with E-state index in [1.807, 2.05) is 0 Å². The molecule has 0 aliphatic carbocycles. The van der Waals surface area contributed by atoms with Gasteiger partial charge in [-0.25, -0.2) is 5.43 Å². The van der Waals surface area contributed by atoms with Gasteiger partial charge in [0.1, 0.15) is 0 Å². The van der Waals surface area contributed by atoms with Crippen molar-refractivity contribution in [1.82, 2.24) is 15.6 Å². The molecule has 1 aromatic heterocycles. The predicted molar refractivity (Wildman–Crippen MR) is 80.1 cm³/mol. The zero-order valence-electron chi connectivity index (χ0n) is 11.7. The van der Waals surface area contributed by atoms with Crippen molar-refractivity contribution in [3.8, 4) is 11.4 Å². The molecule has 2 heterocycles. The monoisotopic (exact) mass is 322 g/mol. The van der Waals surface area contributed by atoms with Gasteiger partial charge in [0.05, 0.1) is 0 Å². The molecule has 0 radical (unpaired) electrons. The van der Waals surface area contributed by atoms with E-state index in [-0.39, 0.29) is 17.8 Å². The SMILES string of the molecule is O=C(NNc1nc(-c2ccc(Cl)cc2)no1)C1CCOCC1. The average Bonchev–Trinajstić information content (AvgIpc) is 3.03. The van der Waals surface area contributed by atoms with Crippen LogP contribution in [0.5, 0.6) is 0 Å². The molecule has 1 aliphatic rings. The predicted octanol–water partition coefficient (Wildman–Crippen LogP) is 2.26. The van der Waals surface area contributed by atoms with Gasteiger partial charge < -0.3 is 9.26 Å². The fourth-order valence-corrected chi connectivity index (χ4v) is 2.29. The molecule has 0 saturated carbocycles. The maximum Gasteiger partial charge on any atom is 0.340 e. The number of halogens is 1. The van der Waals surface area contributed by atoms with E-state index >= 15 is 0 Å². The highest BCUT2D eigenvalue weighted by Crippen LogP contribution is 2.20. The van der Waals surface area contributed by atoms with Gasteiger partial charge in [-0.2, -0.15) is 4.98 Å². The van der Waals surface area contributed by atoms with E-state index in [0.29, 0.717) is 36.9 Å². The Morgan fingerprint density at radius 2 is 1.95 bits per heavy atom. The summed E-state index contributed by atoms with van der Waals surface area (Å²) in [5.74, 6) is 0.258. The molecule has 0 atom stereocenters. The van der Waals surface area contributed by atoms with Crippen molar-refractivity contribution in [3.63, 3.8) is 0 Å². The summed E-state index contributed by atoms with van der Waals surface area (Å²) in [4.78, 5) is 16.1. The summed E-state index contributed by atoms with van der Waals surface area (Å²) in [7, 11) is 0. The summed E-state index contributed by atoms with van der Waals surface area (Å²) in [6.45, 7) is 1.22. The first-order chi connectivity index (χ1) is 10.7. The number of carbonyl (C=O) groups is 1. The molecule has 0 bridgehead atoms. The van der Waals surface area contributed by atoms with Gasteiger partial charge in [-0.05, 0) is 37.1 Å². The molecule has 1 saturated heterocycles. The number of aromatic nitrogens is 2. The molecule has 1 aromatic carbocycles. The molecule has 1 fully saturated rings. The Kier molecular flexibility index (Phi) is 4.55. The molecule has 7 nitrogen and oxygen atoms in total. The molecule has 2 N–H and O–H groups in total. The van der Waals surface area contributed by atoms with Gasteiger partial charge >= 0.3 is 6.01 Å². The Hall–Kier alpha value is -2.12. The van der Waals surface area contributed by atoms with E-state index in [9.17, 15) is 4.79 Å². The summed E-state index contributed by atoms with van der Waals surface area (Å²) < 4.78 is 10.3. The van der Waals surface area contributed by atoms with Gasteiger partial charge in [-0.15, -0.1) is 0 Å². The van der Waals surface area contributed by atoms with Gasteiger partial charge in [-0.1, -0.05) is 16.8 Å². The first-order valence-corrected chi connectivity index (χ1v) is 7.33. The summed E-state index contributed by atoms with van der Waals surface area (Å²) in [6, 6.07) is 7.20. The number of anilines is 1. The molecule has 3 rings (SSSR count). The molecule has 0 unspecified atom stereocenters. The van der Waals surface area contributed by atoms with E-state index in [2.05, 4.69) is 21.0 Å². The van der Waals surface area contributed by atoms with Crippen LogP contribution in [0, 0.1) is 5.92 Å². The molecule has 1 amide bonds. The number of nitrogens with one attached hydrogen (secondary N) is 2. The van der Waals surface area contributed by atoms with Crippen LogP contribution >= 0.6 is 11.6 Å². The lowest BCUT2D eigenvalue weighted by Gasteiger charge is -2.20. The second-order valence-corrected chi connectivity index (χ2v) is 5.37. The maximum absolute atomic E-state index is 12.0. The van der Waals surface area contributed by atoms with Gasteiger partial charge in [0.15, 0.2) is 0 Å². The Labute approximate surface area is 132 Å². The largest absolute Gasteiger partial charge is 0.381 e. The van der Waals surface area contributed by atoms with Crippen molar-refractivity contribution in [2.24, 2.45) is 5.92 Å². The van der Waals surface area contributed by atoms with Crippen LogP contribution in [0.25, 0.3) is 11.4 Å². The standard InChI is InChI=1S/C14H15ClN4O3/c15-11-3-1-9(2-4-11)12-16-14(22-19-12)18-17-13(20)10-5-7-21-8-6-10/h1-4,10H,5-8H2,(H,17,20)(H,16,18,19). The second-order valence-electron chi connectivity index (χ2n) is 4.93. The van der Waals surface area contributed by atoms with E-state index in [0.717, 1.165) is 5.56 Å². The number of hydrazine groups is 1. The topological polar surface area (TPSA) is 89.3 Å². The van der Waals surface area contributed by atoms with Crippen LogP contribution in [0.4, 0.5) is 6.01 Å². The zero-order chi connectivity index (χ0) is 15.4. The van der Waals surface area contributed by atoms with Crippen molar-refractivity contribution in [2.75, 3.05) is 18.6 Å². The van der Waals surface area contributed by atoms with Crippen LogP contribution in [0.2, 0.25) is 5.02 Å². The third-order valence-electron chi connectivity index (χ3n) is 3.41. The summed E-state index contributed by atoms with van der Waals surface area (Å²) in [5.41, 5.74) is 5.99. The second kappa shape index (κ2) is 6.76. The summed E-state index contributed by atoms with van der Waals surface area (Å²) >= 11 is 5.83. The lowest BCUT2D eigenvalue weighted by molar-refractivity contribution is -0.127. The van der Waals surface area contributed by atoms with Gasteiger partial charge in [0.25, 0.3) is 0 Å². The Bertz CT molecular complexity index is 638. The molecule has 22 heavy (non-hydrogen) atoms. The van der Waals surface area contributed by atoms with Crippen molar-refractivity contribution in [1.29, 1.82) is 0 Å². The average molecular weight is 323 g/mol. The van der Waals surface area contributed by atoms with Crippen LogP contribution in [-0.2, 0) is 9.53 Å². The molecule has 2 aromatic rings. The van der Waals surface area contributed by atoms with Gasteiger partial charge in [0, 0.05) is 29.7 Å². The number of hydrogen-bond acceptors (Lipinski definition) is 6. The first-order valence-electron chi connectivity index (χ1n) is 6.95. The van der Waals surface area contributed by atoms with Crippen molar-refractivity contribution in [3.05, 3.63) is 29.3 Å². The molecule has 116 valence electrons.